The third-order valence-corrected chi connectivity index (χ3v) is 2.65. The van der Waals surface area contributed by atoms with Crippen LogP contribution < -0.4 is 0 Å². The lowest BCUT2D eigenvalue weighted by molar-refractivity contribution is -0.142. The molecule has 18 heavy (non-hydrogen) atoms. The Morgan fingerprint density at radius 1 is 1.28 bits per heavy atom. The molecule has 1 aromatic rings. The predicted molar refractivity (Wildman–Crippen MR) is 69.2 cm³/mol. The first-order valence-electron chi connectivity index (χ1n) is 5.97. The monoisotopic (exact) mass is 249 g/mol. The molecule has 1 N–H and O–H groups in total. The van der Waals surface area contributed by atoms with Crippen LogP contribution in [0.1, 0.15) is 19.4 Å². The SMILES string of the molecule is CC(=O)CN(Cc1ccccc1)C[C@H](C)C(=O)O. The molecule has 0 spiro atoms. The van der Waals surface area contributed by atoms with Gasteiger partial charge in [-0.3, -0.25) is 14.5 Å². The molecule has 0 aliphatic rings. The van der Waals surface area contributed by atoms with Crippen molar-refractivity contribution < 1.29 is 14.7 Å². The van der Waals surface area contributed by atoms with Crippen molar-refractivity contribution in [2.45, 2.75) is 20.4 Å². The van der Waals surface area contributed by atoms with E-state index in [4.69, 9.17) is 5.11 Å². The van der Waals surface area contributed by atoms with Crippen molar-refractivity contribution in [2.24, 2.45) is 5.92 Å². The molecular formula is C14H19NO3. The minimum absolute atomic E-state index is 0.0449. The Balaban J connectivity index is 2.66. The van der Waals surface area contributed by atoms with Crippen LogP contribution in [0, 0.1) is 5.92 Å². The molecule has 4 nitrogen and oxygen atoms in total. The van der Waals surface area contributed by atoms with Crippen LogP contribution in [0.3, 0.4) is 0 Å². The van der Waals surface area contributed by atoms with Gasteiger partial charge in [-0.1, -0.05) is 37.3 Å². The van der Waals surface area contributed by atoms with Gasteiger partial charge in [-0.25, -0.2) is 0 Å². The van der Waals surface area contributed by atoms with Crippen LogP contribution in [0.4, 0.5) is 0 Å². The van der Waals surface area contributed by atoms with E-state index in [9.17, 15) is 9.59 Å². The second kappa shape index (κ2) is 6.91. The Morgan fingerprint density at radius 2 is 1.89 bits per heavy atom. The van der Waals surface area contributed by atoms with E-state index in [2.05, 4.69) is 0 Å². The number of nitrogens with zero attached hydrogens (tertiary/aromatic N) is 1. The van der Waals surface area contributed by atoms with Crippen LogP contribution in [-0.4, -0.2) is 34.8 Å². The fraction of sp³-hybridized carbons (Fsp3) is 0.429. The molecule has 1 aromatic carbocycles. The fourth-order valence-electron chi connectivity index (χ4n) is 1.81. The average Bonchev–Trinajstić information content (AvgIpc) is 2.29. The molecule has 4 heteroatoms. The highest BCUT2D eigenvalue weighted by molar-refractivity contribution is 5.77. The molecule has 1 rings (SSSR count). The number of carboxylic acid groups (broad SMARTS) is 1. The number of aliphatic carboxylic acids is 1. The zero-order valence-electron chi connectivity index (χ0n) is 10.8. The standard InChI is InChI=1S/C14H19NO3/c1-11(14(17)18)8-15(9-12(2)16)10-13-6-4-3-5-7-13/h3-7,11H,8-10H2,1-2H3,(H,17,18)/t11-/m0/s1. The van der Waals surface area contributed by atoms with Gasteiger partial charge in [0.25, 0.3) is 0 Å². The number of benzene rings is 1. The van der Waals surface area contributed by atoms with E-state index >= 15 is 0 Å². The molecule has 0 bridgehead atoms. The topological polar surface area (TPSA) is 57.6 Å². The maximum absolute atomic E-state index is 11.2. The van der Waals surface area contributed by atoms with E-state index < -0.39 is 11.9 Å². The number of carbonyl (C=O) groups excluding carboxylic acids is 1. The summed E-state index contributed by atoms with van der Waals surface area (Å²) in [7, 11) is 0. The summed E-state index contributed by atoms with van der Waals surface area (Å²) in [6.45, 7) is 4.43. The van der Waals surface area contributed by atoms with Gasteiger partial charge in [0.05, 0.1) is 12.5 Å². The third kappa shape index (κ3) is 5.10. The van der Waals surface area contributed by atoms with E-state index in [1.807, 2.05) is 35.2 Å². The second-order valence-corrected chi connectivity index (χ2v) is 4.60. The van der Waals surface area contributed by atoms with Crippen molar-refractivity contribution in [3.63, 3.8) is 0 Å². The van der Waals surface area contributed by atoms with Crippen LogP contribution in [0.5, 0.6) is 0 Å². The van der Waals surface area contributed by atoms with Gasteiger partial charge in [0, 0.05) is 13.1 Å². The Hall–Kier alpha value is -1.68. The first kappa shape index (κ1) is 14.4. The molecular weight excluding hydrogens is 230 g/mol. The lowest BCUT2D eigenvalue weighted by Crippen LogP contribution is -2.34. The smallest absolute Gasteiger partial charge is 0.307 e. The van der Waals surface area contributed by atoms with Crippen molar-refractivity contribution >= 4 is 11.8 Å². The highest BCUT2D eigenvalue weighted by Crippen LogP contribution is 2.07. The molecule has 0 amide bonds. The largest absolute Gasteiger partial charge is 0.481 e. The summed E-state index contributed by atoms with van der Waals surface area (Å²) in [5.74, 6) is -1.27. The number of Topliss-reactive ketones (excluding diaryl/α,β-unsaturated/α-hetero) is 1. The van der Waals surface area contributed by atoms with E-state index in [1.54, 1.807) is 6.92 Å². The Labute approximate surface area is 107 Å². The summed E-state index contributed by atoms with van der Waals surface area (Å²) in [5.41, 5.74) is 1.08. The average molecular weight is 249 g/mol. The van der Waals surface area contributed by atoms with E-state index in [1.165, 1.54) is 6.92 Å². The maximum atomic E-state index is 11.2. The number of ketones is 1. The molecule has 98 valence electrons. The van der Waals surface area contributed by atoms with Gasteiger partial charge in [-0.2, -0.15) is 0 Å². The first-order valence-corrected chi connectivity index (χ1v) is 5.97. The molecule has 0 fully saturated rings. The summed E-state index contributed by atoms with van der Waals surface area (Å²) in [6, 6.07) is 9.74. The van der Waals surface area contributed by atoms with Crippen LogP contribution in [-0.2, 0) is 16.1 Å². The normalized spacial score (nSPS) is 12.4. The van der Waals surface area contributed by atoms with Crippen molar-refractivity contribution in [2.75, 3.05) is 13.1 Å². The van der Waals surface area contributed by atoms with Crippen molar-refractivity contribution in [1.29, 1.82) is 0 Å². The maximum Gasteiger partial charge on any atom is 0.307 e. The number of rotatable bonds is 7. The van der Waals surface area contributed by atoms with Gasteiger partial charge >= 0.3 is 5.97 Å². The van der Waals surface area contributed by atoms with Gasteiger partial charge in [-0.15, -0.1) is 0 Å². The molecule has 0 radical (unpaired) electrons. The van der Waals surface area contributed by atoms with Crippen LogP contribution >= 0.6 is 0 Å². The quantitative estimate of drug-likeness (QED) is 0.800. The van der Waals surface area contributed by atoms with Gasteiger partial charge in [0.2, 0.25) is 0 Å². The molecule has 0 saturated carbocycles. The molecule has 0 saturated heterocycles. The zero-order chi connectivity index (χ0) is 13.5. The van der Waals surface area contributed by atoms with Gasteiger partial charge in [-0.05, 0) is 12.5 Å². The molecule has 1 atom stereocenters. The van der Waals surface area contributed by atoms with Crippen LogP contribution in [0.25, 0.3) is 0 Å². The number of hydrogen-bond donors (Lipinski definition) is 1. The summed E-state index contributed by atoms with van der Waals surface area (Å²) in [4.78, 5) is 23.9. The highest BCUT2D eigenvalue weighted by atomic mass is 16.4. The zero-order valence-corrected chi connectivity index (χ0v) is 10.8. The summed E-state index contributed by atoms with van der Waals surface area (Å²) in [5, 5.41) is 8.92. The van der Waals surface area contributed by atoms with Crippen molar-refractivity contribution in [3.8, 4) is 0 Å². The highest BCUT2D eigenvalue weighted by Gasteiger charge is 2.17. The Kier molecular flexibility index (Phi) is 5.52. The Bertz CT molecular complexity index is 403. The lowest BCUT2D eigenvalue weighted by atomic mass is 10.1. The molecule has 0 heterocycles. The third-order valence-electron chi connectivity index (χ3n) is 2.65. The van der Waals surface area contributed by atoms with Gasteiger partial charge in [0.15, 0.2) is 0 Å². The van der Waals surface area contributed by atoms with Crippen LogP contribution in [0.15, 0.2) is 30.3 Å². The Morgan fingerprint density at radius 3 is 2.39 bits per heavy atom. The number of carboxylic acids is 1. The van der Waals surface area contributed by atoms with E-state index in [0.717, 1.165) is 5.56 Å². The fourth-order valence-corrected chi connectivity index (χ4v) is 1.81. The van der Waals surface area contributed by atoms with Crippen molar-refractivity contribution in [3.05, 3.63) is 35.9 Å². The summed E-state index contributed by atoms with van der Waals surface area (Å²) in [6.07, 6.45) is 0. The first-order chi connectivity index (χ1) is 8.49. The number of hydrogen-bond acceptors (Lipinski definition) is 3. The van der Waals surface area contributed by atoms with E-state index in [-0.39, 0.29) is 12.3 Å². The van der Waals surface area contributed by atoms with E-state index in [0.29, 0.717) is 13.1 Å². The summed E-state index contributed by atoms with van der Waals surface area (Å²) >= 11 is 0. The second-order valence-electron chi connectivity index (χ2n) is 4.60. The van der Waals surface area contributed by atoms with Crippen molar-refractivity contribution in [1.82, 2.24) is 4.90 Å². The molecule has 0 unspecified atom stereocenters. The van der Waals surface area contributed by atoms with Gasteiger partial charge in [0.1, 0.15) is 5.78 Å². The lowest BCUT2D eigenvalue weighted by Gasteiger charge is -2.23. The molecule has 0 aliphatic heterocycles. The molecule has 0 aliphatic carbocycles. The van der Waals surface area contributed by atoms with Gasteiger partial charge < -0.3 is 5.11 Å². The predicted octanol–water partition coefficient (Wildman–Crippen LogP) is 1.80. The minimum atomic E-state index is -0.836. The number of carbonyl (C=O) groups is 2. The molecule has 0 aromatic heterocycles. The minimum Gasteiger partial charge on any atom is -0.481 e. The summed E-state index contributed by atoms with van der Waals surface area (Å²) < 4.78 is 0. The van der Waals surface area contributed by atoms with Crippen LogP contribution in [0.2, 0.25) is 0 Å².